The van der Waals surface area contributed by atoms with Gasteiger partial charge in [0.25, 0.3) is 0 Å². The van der Waals surface area contributed by atoms with Crippen LogP contribution in [0.3, 0.4) is 0 Å². The molecule has 7 rings (SSSR count). The molecule has 7 N–H and O–H groups in total. The third-order valence-electron chi connectivity index (χ3n) is 12.3. The first-order chi connectivity index (χ1) is 31.5. The topological polar surface area (TPSA) is 197 Å². The van der Waals surface area contributed by atoms with Crippen molar-refractivity contribution in [1.82, 2.24) is 10.6 Å². The highest BCUT2D eigenvalue weighted by atomic mass is 16.4. The number of carboxylic acid groups (broad SMARTS) is 3. The molecule has 0 radical (unpaired) electrons. The number of hydrogen-bond acceptors (Lipinski definition) is 6. The van der Waals surface area contributed by atoms with Gasteiger partial charge in [-0.05, 0) is 83.3 Å². The molecule has 13 nitrogen and oxygen atoms in total. The normalized spacial score (nSPS) is 16.4. The number of nitrogens with one attached hydrogen (secondary N) is 4. The van der Waals surface area contributed by atoms with E-state index in [4.69, 9.17) is 5.11 Å². The fourth-order valence-corrected chi connectivity index (χ4v) is 8.98. The van der Waals surface area contributed by atoms with Crippen LogP contribution in [0.2, 0.25) is 0 Å². The van der Waals surface area contributed by atoms with Crippen molar-refractivity contribution < 1.29 is 43.9 Å². The maximum absolute atomic E-state index is 13.5. The average molecular weight is 889 g/mol. The molecule has 5 aromatic rings. The van der Waals surface area contributed by atoms with Crippen LogP contribution in [0.1, 0.15) is 63.6 Å². The smallest absolute Gasteiger partial charge is 0.326 e. The van der Waals surface area contributed by atoms with Crippen molar-refractivity contribution in [3.8, 4) is 0 Å². The monoisotopic (exact) mass is 888 g/mol. The van der Waals surface area contributed by atoms with Crippen molar-refractivity contribution in [3.05, 3.63) is 162 Å². The second-order valence-corrected chi connectivity index (χ2v) is 17.5. The number of fused-ring (bicyclic) bond motifs is 6. The van der Waals surface area contributed by atoms with Gasteiger partial charge in [0.2, 0.25) is 11.6 Å². The highest BCUT2D eigenvalue weighted by Crippen LogP contribution is 2.47. The van der Waals surface area contributed by atoms with Gasteiger partial charge in [-0.2, -0.15) is 4.58 Å². The summed E-state index contributed by atoms with van der Waals surface area (Å²) in [5.41, 5.74) is 7.33. The number of amides is 3. The van der Waals surface area contributed by atoms with Crippen molar-refractivity contribution >= 4 is 74.2 Å². The van der Waals surface area contributed by atoms with Crippen molar-refractivity contribution in [1.29, 1.82) is 0 Å². The van der Waals surface area contributed by atoms with E-state index < -0.39 is 42.4 Å². The lowest BCUT2D eigenvalue weighted by Crippen LogP contribution is -2.51. The molecule has 2 aliphatic heterocycles. The van der Waals surface area contributed by atoms with E-state index >= 15 is 0 Å². The number of hydrogen-bond donors (Lipinski definition) is 7. The summed E-state index contributed by atoms with van der Waals surface area (Å²) in [5, 5.41) is 43.7. The molecule has 2 aliphatic rings. The Kier molecular flexibility index (Phi) is 13.7. The quantitative estimate of drug-likeness (QED) is 0.0352. The van der Waals surface area contributed by atoms with E-state index in [9.17, 15) is 34.2 Å². The lowest BCUT2D eigenvalue weighted by molar-refractivity contribution is -0.436. The molecule has 0 unspecified atom stereocenters. The second kappa shape index (κ2) is 19.5. The molecule has 3 amide bonds. The number of aliphatic carboxylic acids is 3. The zero-order chi connectivity index (χ0) is 47.2. The van der Waals surface area contributed by atoms with E-state index in [1.54, 1.807) is 24.3 Å². The first-order valence-electron chi connectivity index (χ1n) is 21.9. The first-order valence-corrected chi connectivity index (χ1v) is 21.9. The molecule has 338 valence electrons. The standard InChI is InChI=1S/C53H53N5O8/c1-52(2)43(55-39-26-22-34-14-10-12-16-37(34)47(39)52)18-8-6-5-7-9-19-44-53(3,4)48-38-17-13-11-15-35(38)23-28-42(48)58(44)31-30-45(59)54-36-24-20-33(21-25-36)32-41(50(64)65)57-51(66)56-40(49(62)63)27-29-46(60)61/h5-26,28,40-41H,27,29-32H2,1-4H3,(H6,54,56,57,59,60,61,62,63,64,65,66)/p+1/t40-,41-/m0/s1. The van der Waals surface area contributed by atoms with Gasteiger partial charge in [-0.3, -0.25) is 9.59 Å². The number of carboxylic acids is 3. The molecule has 2 atom stereocenters. The number of carbonyl (C=O) groups excluding carboxylic acids is 2. The zero-order valence-electron chi connectivity index (χ0n) is 37.3. The largest absolute Gasteiger partial charge is 0.481 e. The van der Waals surface area contributed by atoms with Crippen LogP contribution in [0.25, 0.3) is 21.5 Å². The number of benzene rings is 5. The van der Waals surface area contributed by atoms with E-state index in [-0.39, 0.29) is 36.0 Å². The molecular formula is C53H54N5O8+. The third-order valence-corrected chi connectivity index (χ3v) is 12.3. The minimum atomic E-state index is -1.51. The van der Waals surface area contributed by atoms with Crippen LogP contribution < -0.4 is 21.3 Å². The summed E-state index contributed by atoms with van der Waals surface area (Å²) in [4.78, 5) is 60.3. The molecule has 0 aromatic heterocycles. The van der Waals surface area contributed by atoms with Crippen molar-refractivity contribution in [2.75, 3.05) is 17.2 Å². The van der Waals surface area contributed by atoms with Gasteiger partial charge in [-0.1, -0.05) is 111 Å². The number of rotatable bonds is 17. The SMILES string of the molecule is CC1(C)C(/C=C/C=C/C=C/C=C2/Nc3ccc4ccccc4c3C2(C)C)=[N+](CCC(=O)Nc2ccc(C[C@H](NC(=O)N[C@@H](CCC(=O)O)C(=O)O)C(=O)O)cc2)c2ccc3ccccc3c21. The molecule has 0 saturated heterocycles. The maximum Gasteiger partial charge on any atom is 0.326 e. The Balaban J connectivity index is 1.01. The molecule has 0 spiro atoms. The summed E-state index contributed by atoms with van der Waals surface area (Å²) < 4.78 is 2.21. The average Bonchev–Trinajstić information content (AvgIpc) is 3.67. The van der Waals surface area contributed by atoms with Crippen molar-refractivity contribution in [2.45, 2.75) is 76.3 Å². The minimum Gasteiger partial charge on any atom is -0.481 e. The summed E-state index contributed by atoms with van der Waals surface area (Å²) in [7, 11) is 0. The summed E-state index contributed by atoms with van der Waals surface area (Å²) >= 11 is 0. The van der Waals surface area contributed by atoms with E-state index in [2.05, 4.69) is 132 Å². The third kappa shape index (κ3) is 10.1. The fraction of sp³-hybridized carbons (Fsp3) is 0.245. The van der Waals surface area contributed by atoms with Gasteiger partial charge >= 0.3 is 23.9 Å². The zero-order valence-corrected chi connectivity index (χ0v) is 37.3. The number of urea groups is 1. The van der Waals surface area contributed by atoms with Crippen molar-refractivity contribution in [2.24, 2.45) is 0 Å². The van der Waals surface area contributed by atoms with Gasteiger partial charge < -0.3 is 36.6 Å². The Hall–Kier alpha value is -7.80. The van der Waals surface area contributed by atoms with Crippen LogP contribution in [0.15, 0.2) is 145 Å². The molecule has 0 aliphatic carbocycles. The van der Waals surface area contributed by atoms with E-state index in [1.807, 2.05) is 36.4 Å². The predicted octanol–water partition coefficient (Wildman–Crippen LogP) is 8.97. The summed E-state index contributed by atoms with van der Waals surface area (Å²) in [6.07, 6.45) is 13.5. The number of allylic oxidation sites excluding steroid dienone is 8. The molecule has 66 heavy (non-hydrogen) atoms. The Morgan fingerprint density at radius 3 is 1.94 bits per heavy atom. The number of carbonyl (C=O) groups is 5. The number of nitrogens with zero attached hydrogens (tertiary/aromatic N) is 1. The molecule has 5 aromatic carbocycles. The van der Waals surface area contributed by atoms with E-state index in [0.717, 1.165) is 33.6 Å². The molecular weight excluding hydrogens is 835 g/mol. The molecule has 0 saturated carbocycles. The van der Waals surface area contributed by atoms with Crippen molar-refractivity contribution in [3.63, 3.8) is 0 Å². The summed E-state index contributed by atoms with van der Waals surface area (Å²) in [6.45, 7) is 9.32. The second-order valence-electron chi connectivity index (χ2n) is 17.5. The van der Waals surface area contributed by atoms with Crippen LogP contribution in [-0.2, 0) is 36.4 Å². The van der Waals surface area contributed by atoms with Crippen LogP contribution in [-0.4, -0.2) is 74.1 Å². The van der Waals surface area contributed by atoms with E-state index in [1.165, 1.54) is 21.9 Å². The fourth-order valence-electron chi connectivity index (χ4n) is 8.98. The van der Waals surface area contributed by atoms with E-state index in [0.29, 0.717) is 17.8 Å². The maximum atomic E-state index is 13.5. The molecule has 0 bridgehead atoms. The Morgan fingerprint density at radius 1 is 0.667 bits per heavy atom. The molecule has 0 fully saturated rings. The Bertz CT molecular complexity index is 2890. The number of anilines is 2. The van der Waals surface area contributed by atoms with Crippen LogP contribution in [0, 0.1) is 0 Å². The lowest BCUT2D eigenvalue weighted by Gasteiger charge is -2.21. The highest BCUT2D eigenvalue weighted by molar-refractivity contribution is 6.08. The van der Waals surface area contributed by atoms with Gasteiger partial charge in [0.1, 0.15) is 12.1 Å². The Morgan fingerprint density at radius 2 is 1.27 bits per heavy atom. The minimum absolute atomic E-state index is 0.138. The van der Waals surface area contributed by atoms with Gasteiger partial charge in [0.15, 0.2) is 12.3 Å². The van der Waals surface area contributed by atoms with Gasteiger partial charge in [0, 0.05) is 53.0 Å². The molecule has 2 heterocycles. The lowest BCUT2D eigenvalue weighted by atomic mass is 9.79. The summed E-state index contributed by atoms with van der Waals surface area (Å²) in [5.74, 6) is -4.25. The van der Waals surface area contributed by atoms with Gasteiger partial charge in [0.05, 0.1) is 11.8 Å². The van der Waals surface area contributed by atoms with Crippen LogP contribution in [0.5, 0.6) is 0 Å². The highest BCUT2D eigenvalue weighted by Gasteiger charge is 2.45. The summed E-state index contributed by atoms with van der Waals surface area (Å²) in [6, 6.07) is 27.9. The van der Waals surface area contributed by atoms with Crippen LogP contribution >= 0.6 is 0 Å². The van der Waals surface area contributed by atoms with Crippen LogP contribution in [0.4, 0.5) is 21.9 Å². The van der Waals surface area contributed by atoms with Gasteiger partial charge in [-0.25, -0.2) is 14.4 Å². The first kappa shape index (κ1) is 46.2. The van der Waals surface area contributed by atoms with Gasteiger partial charge in [-0.15, -0.1) is 0 Å². The predicted molar refractivity (Wildman–Crippen MR) is 258 cm³/mol. The Labute approximate surface area is 382 Å². The molecule has 13 heteroatoms.